The van der Waals surface area contributed by atoms with Crippen LogP contribution in [-0.2, 0) is 0 Å². The van der Waals surface area contributed by atoms with Crippen molar-refractivity contribution in [2.45, 2.75) is 56.4 Å². The third-order valence-corrected chi connectivity index (χ3v) is 6.90. The minimum Gasteiger partial charge on any atom is -0.384 e. The fourth-order valence-electron chi connectivity index (χ4n) is 4.89. The van der Waals surface area contributed by atoms with E-state index in [1.54, 1.807) is 18.5 Å². The number of nitrogens with zero attached hydrogens (tertiary/aromatic N) is 3. The predicted octanol–water partition coefficient (Wildman–Crippen LogP) is 4.48. The summed E-state index contributed by atoms with van der Waals surface area (Å²) in [4.78, 5) is 19.4. The Hall–Kier alpha value is -3.04. The van der Waals surface area contributed by atoms with E-state index in [1.807, 2.05) is 4.90 Å². The maximum Gasteiger partial charge on any atom is 0.322 e. The molecule has 170 valence electrons. The van der Waals surface area contributed by atoms with E-state index in [9.17, 15) is 13.6 Å². The van der Waals surface area contributed by atoms with Gasteiger partial charge in [0.25, 0.3) is 0 Å². The van der Waals surface area contributed by atoms with Crippen LogP contribution >= 0.6 is 0 Å². The third kappa shape index (κ3) is 3.93. The van der Waals surface area contributed by atoms with Crippen LogP contribution in [0.1, 0.15) is 50.5 Å². The zero-order chi connectivity index (χ0) is 22.3. The molecule has 10 heteroatoms. The highest BCUT2D eigenvalue weighted by molar-refractivity contribution is 5.94. The number of rotatable bonds is 6. The first-order chi connectivity index (χ1) is 15.4. The first-order valence-corrected chi connectivity index (χ1v) is 11.1. The molecular weight excluding hydrogens is 416 g/mol. The molecule has 32 heavy (non-hydrogen) atoms. The lowest BCUT2D eigenvalue weighted by Crippen LogP contribution is -2.47. The minimum atomic E-state index is -2.56. The molecule has 2 aromatic rings. The van der Waals surface area contributed by atoms with Crippen LogP contribution in [0.25, 0.3) is 11.4 Å². The predicted molar refractivity (Wildman–Crippen MR) is 117 cm³/mol. The summed E-state index contributed by atoms with van der Waals surface area (Å²) >= 11 is 0. The highest BCUT2D eigenvalue weighted by Gasteiger charge is 2.51. The number of urea groups is 1. The molecular formula is C22H27F2N7O. The van der Waals surface area contributed by atoms with Gasteiger partial charge in [0.15, 0.2) is 0 Å². The topological polar surface area (TPSA) is 110 Å². The summed E-state index contributed by atoms with van der Waals surface area (Å²) in [6.07, 6.45) is 9.42. The Bertz CT molecular complexity index is 1030. The quantitative estimate of drug-likeness (QED) is 0.494. The zero-order valence-electron chi connectivity index (χ0n) is 17.8. The Balaban J connectivity index is 1.31. The molecule has 4 N–H and O–H groups in total. The van der Waals surface area contributed by atoms with Gasteiger partial charge in [-0.1, -0.05) is 0 Å². The molecule has 2 amide bonds. The molecule has 8 nitrogen and oxygen atoms in total. The van der Waals surface area contributed by atoms with Crippen LogP contribution in [0.3, 0.4) is 0 Å². The second kappa shape index (κ2) is 7.83. The standard InChI is InChI=1S/C22H27F2N7O/c23-22(24)8-14(9-22)11-26-16-7-17(27-12-15(16)10-25)19-18(13-28-30-19)29-20(32)31-6-2-1-3-21(31)4-5-21/h7,10,12-14,25H,1-6,8-9,11H2,(H,26,27)(H,28,30)(H,29,32). The van der Waals surface area contributed by atoms with Gasteiger partial charge in [-0.2, -0.15) is 5.10 Å². The number of amides is 2. The van der Waals surface area contributed by atoms with Crippen LogP contribution in [0.2, 0.25) is 0 Å². The Morgan fingerprint density at radius 2 is 2.06 bits per heavy atom. The Kier molecular flexibility index (Phi) is 5.10. The lowest BCUT2D eigenvalue weighted by molar-refractivity contribution is -0.106. The summed E-state index contributed by atoms with van der Waals surface area (Å²) in [7, 11) is 0. The summed E-state index contributed by atoms with van der Waals surface area (Å²) in [5, 5.41) is 20.8. The number of carbonyl (C=O) groups excluding carboxylic acids is 1. The number of nitrogens with one attached hydrogen (secondary N) is 4. The van der Waals surface area contributed by atoms with Gasteiger partial charge in [-0.05, 0) is 44.1 Å². The zero-order valence-corrected chi connectivity index (χ0v) is 17.8. The molecule has 0 radical (unpaired) electrons. The number of anilines is 2. The van der Waals surface area contributed by atoms with Crippen LogP contribution < -0.4 is 10.6 Å². The lowest BCUT2D eigenvalue weighted by Gasteiger charge is -2.36. The van der Waals surface area contributed by atoms with Gasteiger partial charge in [0.1, 0.15) is 5.69 Å². The van der Waals surface area contributed by atoms with Gasteiger partial charge in [-0.15, -0.1) is 0 Å². The molecule has 1 spiro atoms. The molecule has 2 aliphatic carbocycles. The van der Waals surface area contributed by atoms with Gasteiger partial charge in [0.05, 0.1) is 17.6 Å². The van der Waals surface area contributed by atoms with Crippen molar-refractivity contribution in [3.8, 4) is 11.4 Å². The third-order valence-electron chi connectivity index (χ3n) is 6.90. The lowest BCUT2D eigenvalue weighted by atomic mass is 9.81. The minimum absolute atomic E-state index is 0.0332. The van der Waals surface area contributed by atoms with Crippen molar-refractivity contribution in [3.63, 3.8) is 0 Å². The van der Waals surface area contributed by atoms with Crippen molar-refractivity contribution < 1.29 is 13.6 Å². The summed E-state index contributed by atoms with van der Waals surface area (Å²) in [5.41, 5.74) is 2.88. The van der Waals surface area contributed by atoms with Crippen molar-refractivity contribution in [1.82, 2.24) is 20.1 Å². The van der Waals surface area contributed by atoms with E-state index in [-0.39, 0.29) is 30.3 Å². The molecule has 2 aromatic heterocycles. The molecule has 2 saturated carbocycles. The summed E-state index contributed by atoms with van der Waals surface area (Å²) < 4.78 is 26.2. The Morgan fingerprint density at radius 1 is 1.25 bits per heavy atom. The molecule has 3 fully saturated rings. The van der Waals surface area contributed by atoms with Crippen molar-refractivity contribution >= 4 is 23.6 Å². The fourth-order valence-corrected chi connectivity index (χ4v) is 4.89. The van der Waals surface area contributed by atoms with E-state index in [4.69, 9.17) is 5.41 Å². The van der Waals surface area contributed by atoms with E-state index in [0.717, 1.165) is 38.6 Å². The van der Waals surface area contributed by atoms with Gasteiger partial charge in [-0.3, -0.25) is 10.1 Å². The molecule has 3 heterocycles. The average Bonchev–Trinajstić information content (AvgIpc) is 3.36. The normalized spacial score (nSPS) is 21.1. The fraction of sp³-hybridized carbons (Fsp3) is 0.545. The van der Waals surface area contributed by atoms with Gasteiger partial charge >= 0.3 is 6.03 Å². The van der Waals surface area contributed by atoms with Gasteiger partial charge in [0, 0.05) is 55.1 Å². The average molecular weight is 444 g/mol. The number of hydrogen-bond acceptors (Lipinski definition) is 5. The number of carbonyl (C=O) groups is 1. The number of likely N-dealkylation sites (tertiary alicyclic amines) is 1. The van der Waals surface area contributed by atoms with E-state index in [1.165, 1.54) is 6.21 Å². The smallest absolute Gasteiger partial charge is 0.322 e. The van der Waals surface area contributed by atoms with Crippen molar-refractivity contribution in [2.24, 2.45) is 5.92 Å². The van der Waals surface area contributed by atoms with Crippen LogP contribution in [0.15, 0.2) is 18.5 Å². The number of halogens is 2. The van der Waals surface area contributed by atoms with Crippen molar-refractivity contribution in [2.75, 3.05) is 23.7 Å². The molecule has 0 aromatic carbocycles. The summed E-state index contributed by atoms with van der Waals surface area (Å²) in [6, 6.07) is 1.63. The first kappa shape index (κ1) is 20.8. The van der Waals surface area contributed by atoms with Crippen LogP contribution in [0.5, 0.6) is 0 Å². The number of aromatic amines is 1. The van der Waals surface area contributed by atoms with E-state index >= 15 is 0 Å². The van der Waals surface area contributed by atoms with Gasteiger partial charge < -0.3 is 20.9 Å². The van der Waals surface area contributed by atoms with Gasteiger partial charge in [-0.25, -0.2) is 13.6 Å². The van der Waals surface area contributed by atoms with Crippen LogP contribution in [-0.4, -0.2) is 56.9 Å². The largest absolute Gasteiger partial charge is 0.384 e. The van der Waals surface area contributed by atoms with Crippen molar-refractivity contribution in [1.29, 1.82) is 5.41 Å². The highest BCUT2D eigenvalue weighted by atomic mass is 19.3. The SMILES string of the molecule is N=Cc1cnc(-c2[nH]ncc2NC(=O)N2CCCCC23CC3)cc1NCC1CC(F)(F)C1. The molecule has 1 saturated heterocycles. The molecule has 0 unspecified atom stereocenters. The maximum atomic E-state index is 13.1. The number of piperidine rings is 1. The number of H-pyrrole nitrogens is 1. The number of alkyl halides is 2. The summed E-state index contributed by atoms with van der Waals surface area (Å²) in [5.74, 6) is -2.65. The van der Waals surface area contributed by atoms with Crippen molar-refractivity contribution in [3.05, 3.63) is 24.0 Å². The number of hydrogen-bond donors (Lipinski definition) is 4. The monoisotopic (exact) mass is 443 g/mol. The summed E-state index contributed by atoms with van der Waals surface area (Å²) in [6.45, 7) is 1.17. The maximum absolute atomic E-state index is 13.1. The van der Waals surface area contributed by atoms with E-state index in [2.05, 4.69) is 25.8 Å². The molecule has 3 aliphatic rings. The number of pyridine rings is 1. The Morgan fingerprint density at radius 3 is 2.78 bits per heavy atom. The van der Waals surface area contributed by atoms with Crippen LogP contribution in [0, 0.1) is 11.3 Å². The molecule has 5 rings (SSSR count). The van der Waals surface area contributed by atoms with E-state index in [0.29, 0.717) is 34.9 Å². The number of aromatic nitrogens is 3. The molecule has 1 aliphatic heterocycles. The first-order valence-electron chi connectivity index (χ1n) is 11.1. The van der Waals surface area contributed by atoms with E-state index < -0.39 is 5.92 Å². The molecule has 0 bridgehead atoms. The second-order valence-electron chi connectivity index (χ2n) is 9.23. The second-order valence-corrected chi connectivity index (χ2v) is 9.23. The Labute approximate surface area is 184 Å². The highest BCUT2D eigenvalue weighted by Crippen LogP contribution is 2.48. The van der Waals surface area contributed by atoms with Gasteiger partial charge in [0.2, 0.25) is 5.92 Å². The van der Waals surface area contributed by atoms with Crippen LogP contribution in [0.4, 0.5) is 25.0 Å². The molecule has 0 atom stereocenters.